The molecule has 0 atom stereocenters. The van der Waals surface area contributed by atoms with E-state index in [-0.39, 0.29) is 5.91 Å². The standard InChI is InChI=1S/C19H20N2O2/c1-3-23-17-7-5-15(6-8-17)19(22)20-12-14-4-9-18-16(11-14)10-13(2)21-18/h4-11,21H,3,12H2,1-2H3,(H,20,22). The zero-order valence-corrected chi connectivity index (χ0v) is 13.3. The first-order chi connectivity index (χ1) is 11.2. The van der Waals surface area contributed by atoms with Crippen molar-refractivity contribution in [2.45, 2.75) is 20.4 Å². The lowest BCUT2D eigenvalue weighted by atomic mass is 10.1. The van der Waals surface area contributed by atoms with E-state index in [4.69, 9.17) is 4.74 Å². The number of aryl methyl sites for hydroxylation is 1. The van der Waals surface area contributed by atoms with E-state index in [0.29, 0.717) is 18.7 Å². The van der Waals surface area contributed by atoms with Crippen LogP contribution in [0.25, 0.3) is 10.9 Å². The predicted octanol–water partition coefficient (Wildman–Crippen LogP) is 3.81. The summed E-state index contributed by atoms with van der Waals surface area (Å²) in [6, 6.07) is 15.4. The summed E-state index contributed by atoms with van der Waals surface area (Å²) in [4.78, 5) is 15.5. The van der Waals surface area contributed by atoms with E-state index in [2.05, 4.69) is 22.4 Å². The Kier molecular flexibility index (Phi) is 4.33. The Labute approximate surface area is 135 Å². The summed E-state index contributed by atoms with van der Waals surface area (Å²) in [6.45, 7) is 5.09. The van der Waals surface area contributed by atoms with Crippen LogP contribution in [0.15, 0.2) is 48.5 Å². The van der Waals surface area contributed by atoms with Gasteiger partial charge >= 0.3 is 0 Å². The molecule has 0 saturated carbocycles. The van der Waals surface area contributed by atoms with Gasteiger partial charge in [0, 0.05) is 23.3 Å². The molecular formula is C19H20N2O2. The Morgan fingerprint density at radius 1 is 1.13 bits per heavy atom. The van der Waals surface area contributed by atoms with Crippen molar-refractivity contribution in [3.63, 3.8) is 0 Å². The zero-order chi connectivity index (χ0) is 16.2. The Hall–Kier alpha value is -2.75. The van der Waals surface area contributed by atoms with Crippen molar-refractivity contribution in [1.29, 1.82) is 0 Å². The van der Waals surface area contributed by atoms with Gasteiger partial charge in [-0.25, -0.2) is 0 Å². The molecule has 1 heterocycles. The Balaban J connectivity index is 1.65. The average molecular weight is 308 g/mol. The van der Waals surface area contributed by atoms with Crippen molar-refractivity contribution >= 4 is 16.8 Å². The molecule has 0 aliphatic heterocycles. The number of carbonyl (C=O) groups excluding carboxylic acids is 1. The van der Waals surface area contributed by atoms with E-state index in [0.717, 1.165) is 27.9 Å². The smallest absolute Gasteiger partial charge is 0.251 e. The SMILES string of the molecule is CCOc1ccc(C(=O)NCc2ccc3[nH]c(C)cc3c2)cc1. The molecule has 23 heavy (non-hydrogen) atoms. The Morgan fingerprint density at radius 2 is 1.91 bits per heavy atom. The summed E-state index contributed by atoms with van der Waals surface area (Å²) in [5, 5.41) is 4.11. The normalized spacial score (nSPS) is 10.7. The molecule has 3 aromatic rings. The number of amides is 1. The molecule has 2 N–H and O–H groups in total. The van der Waals surface area contributed by atoms with E-state index in [1.54, 1.807) is 12.1 Å². The number of aromatic nitrogens is 1. The van der Waals surface area contributed by atoms with Gasteiger partial charge < -0.3 is 15.0 Å². The third-order valence-corrected chi connectivity index (χ3v) is 3.70. The molecule has 4 heteroatoms. The second-order valence-corrected chi connectivity index (χ2v) is 5.51. The van der Waals surface area contributed by atoms with E-state index < -0.39 is 0 Å². The van der Waals surface area contributed by atoms with Crippen LogP contribution in [0.4, 0.5) is 0 Å². The summed E-state index contributed by atoms with van der Waals surface area (Å²) in [5.41, 5.74) is 3.96. The Morgan fingerprint density at radius 3 is 2.65 bits per heavy atom. The van der Waals surface area contributed by atoms with Gasteiger partial charge in [-0.15, -0.1) is 0 Å². The quantitative estimate of drug-likeness (QED) is 0.753. The maximum atomic E-state index is 12.2. The fourth-order valence-electron chi connectivity index (χ4n) is 2.59. The Bertz CT molecular complexity index is 819. The number of carbonyl (C=O) groups is 1. The van der Waals surface area contributed by atoms with Crippen LogP contribution in [0, 0.1) is 6.92 Å². The van der Waals surface area contributed by atoms with Crippen molar-refractivity contribution in [3.8, 4) is 5.75 Å². The first-order valence-corrected chi connectivity index (χ1v) is 7.75. The lowest BCUT2D eigenvalue weighted by Gasteiger charge is -2.07. The summed E-state index contributed by atoms with van der Waals surface area (Å²) < 4.78 is 5.38. The summed E-state index contributed by atoms with van der Waals surface area (Å²) in [7, 11) is 0. The van der Waals surface area contributed by atoms with Gasteiger partial charge in [-0.3, -0.25) is 4.79 Å². The highest BCUT2D eigenvalue weighted by Gasteiger charge is 2.06. The molecule has 118 valence electrons. The molecule has 0 unspecified atom stereocenters. The first kappa shape index (κ1) is 15.2. The monoisotopic (exact) mass is 308 g/mol. The molecule has 0 spiro atoms. The number of nitrogens with one attached hydrogen (secondary N) is 2. The van der Waals surface area contributed by atoms with Gasteiger partial charge in [0.15, 0.2) is 0 Å². The number of rotatable bonds is 5. The molecular weight excluding hydrogens is 288 g/mol. The van der Waals surface area contributed by atoms with Crippen LogP contribution < -0.4 is 10.1 Å². The van der Waals surface area contributed by atoms with Gasteiger partial charge in [0.25, 0.3) is 5.91 Å². The molecule has 0 bridgehead atoms. The number of benzene rings is 2. The number of fused-ring (bicyclic) bond motifs is 1. The average Bonchev–Trinajstić information content (AvgIpc) is 2.93. The zero-order valence-electron chi connectivity index (χ0n) is 13.3. The van der Waals surface area contributed by atoms with Crippen LogP contribution in [-0.4, -0.2) is 17.5 Å². The van der Waals surface area contributed by atoms with E-state index >= 15 is 0 Å². The molecule has 1 amide bonds. The number of hydrogen-bond acceptors (Lipinski definition) is 2. The summed E-state index contributed by atoms with van der Waals surface area (Å²) in [5.74, 6) is 0.690. The molecule has 1 aromatic heterocycles. The fourth-order valence-corrected chi connectivity index (χ4v) is 2.59. The van der Waals surface area contributed by atoms with Crippen molar-refractivity contribution < 1.29 is 9.53 Å². The topological polar surface area (TPSA) is 54.1 Å². The van der Waals surface area contributed by atoms with Crippen LogP contribution in [0.1, 0.15) is 28.5 Å². The van der Waals surface area contributed by atoms with Gasteiger partial charge in [0.1, 0.15) is 5.75 Å². The van der Waals surface area contributed by atoms with Crippen LogP contribution in [0.2, 0.25) is 0 Å². The molecule has 3 rings (SSSR count). The third-order valence-electron chi connectivity index (χ3n) is 3.70. The minimum atomic E-state index is -0.0848. The minimum Gasteiger partial charge on any atom is -0.494 e. The van der Waals surface area contributed by atoms with Crippen LogP contribution in [0.3, 0.4) is 0 Å². The van der Waals surface area contributed by atoms with Gasteiger partial charge in [0.05, 0.1) is 6.61 Å². The van der Waals surface area contributed by atoms with Gasteiger partial charge in [-0.1, -0.05) is 6.07 Å². The van der Waals surface area contributed by atoms with Crippen LogP contribution in [-0.2, 0) is 6.54 Å². The predicted molar refractivity (Wildman–Crippen MR) is 91.8 cm³/mol. The maximum absolute atomic E-state index is 12.2. The van der Waals surface area contributed by atoms with Gasteiger partial charge in [0.2, 0.25) is 0 Å². The van der Waals surface area contributed by atoms with Crippen molar-refractivity contribution in [3.05, 3.63) is 65.4 Å². The highest BCUT2D eigenvalue weighted by atomic mass is 16.5. The highest BCUT2D eigenvalue weighted by Crippen LogP contribution is 2.17. The van der Waals surface area contributed by atoms with Gasteiger partial charge in [-0.05, 0) is 67.3 Å². The van der Waals surface area contributed by atoms with E-state index in [1.807, 2.05) is 38.1 Å². The number of hydrogen-bond donors (Lipinski definition) is 2. The first-order valence-electron chi connectivity index (χ1n) is 7.75. The highest BCUT2D eigenvalue weighted by molar-refractivity contribution is 5.94. The van der Waals surface area contributed by atoms with E-state index in [9.17, 15) is 4.79 Å². The molecule has 0 aliphatic carbocycles. The van der Waals surface area contributed by atoms with Crippen molar-refractivity contribution in [2.75, 3.05) is 6.61 Å². The van der Waals surface area contributed by atoms with Gasteiger partial charge in [-0.2, -0.15) is 0 Å². The maximum Gasteiger partial charge on any atom is 0.251 e. The molecule has 0 saturated heterocycles. The van der Waals surface area contributed by atoms with Crippen molar-refractivity contribution in [2.24, 2.45) is 0 Å². The second-order valence-electron chi connectivity index (χ2n) is 5.51. The number of aromatic amines is 1. The number of H-pyrrole nitrogens is 1. The summed E-state index contributed by atoms with van der Waals surface area (Å²) >= 11 is 0. The van der Waals surface area contributed by atoms with Crippen molar-refractivity contribution in [1.82, 2.24) is 10.3 Å². The minimum absolute atomic E-state index is 0.0848. The van der Waals surface area contributed by atoms with Crippen LogP contribution in [0.5, 0.6) is 5.75 Å². The second kappa shape index (κ2) is 6.57. The lowest BCUT2D eigenvalue weighted by molar-refractivity contribution is 0.0951. The molecule has 0 aliphatic rings. The van der Waals surface area contributed by atoms with E-state index in [1.165, 1.54) is 0 Å². The molecule has 0 radical (unpaired) electrons. The fraction of sp³-hybridized carbons (Fsp3) is 0.211. The van der Waals surface area contributed by atoms with Crippen LogP contribution >= 0.6 is 0 Å². The molecule has 2 aromatic carbocycles. The summed E-state index contributed by atoms with van der Waals surface area (Å²) in [6.07, 6.45) is 0. The lowest BCUT2D eigenvalue weighted by Crippen LogP contribution is -2.22. The largest absolute Gasteiger partial charge is 0.494 e. The molecule has 0 fully saturated rings. The molecule has 4 nitrogen and oxygen atoms in total. The number of ether oxygens (including phenoxy) is 1. The third kappa shape index (κ3) is 3.54.